The van der Waals surface area contributed by atoms with Crippen molar-refractivity contribution < 1.29 is 0 Å². The highest BCUT2D eigenvalue weighted by atomic mass is 14.4. The summed E-state index contributed by atoms with van der Waals surface area (Å²) in [5.41, 5.74) is 0. The molecule has 0 nitrogen and oxygen atoms in total. The quantitative estimate of drug-likeness (QED) is 0.572. The zero-order valence-electron chi connectivity index (χ0n) is 14.2. The minimum atomic E-state index is 0.950. The van der Waals surface area contributed by atoms with Gasteiger partial charge in [0.15, 0.2) is 0 Å². The van der Waals surface area contributed by atoms with E-state index in [4.69, 9.17) is 0 Å². The third kappa shape index (κ3) is 3.37. The van der Waals surface area contributed by atoms with Gasteiger partial charge in [-0.25, -0.2) is 0 Å². The first kappa shape index (κ1) is 15.4. The van der Waals surface area contributed by atoms with Crippen molar-refractivity contribution in [1.82, 2.24) is 0 Å². The maximum absolute atomic E-state index is 2.53. The molecule has 0 radical (unpaired) electrons. The van der Waals surface area contributed by atoms with E-state index in [1.165, 1.54) is 32.1 Å². The summed E-state index contributed by atoms with van der Waals surface area (Å²) in [4.78, 5) is 0. The van der Waals surface area contributed by atoms with Crippen LogP contribution in [0, 0.1) is 47.3 Å². The van der Waals surface area contributed by atoms with Crippen LogP contribution in [0.5, 0.6) is 0 Å². The summed E-state index contributed by atoms with van der Waals surface area (Å²) in [6.07, 6.45) is 7.42. The summed E-state index contributed by atoms with van der Waals surface area (Å²) in [5, 5.41) is 0. The maximum Gasteiger partial charge on any atom is -0.0357 e. The van der Waals surface area contributed by atoms with Crippen LogP contribution in [-0.4, -0.2) is 0 Å². The molecule has 19 heavy (non-hydrogen) atoms. The minimum Gasteiger partial charge on any atom is -0.0622 e. The normalized spacial score (nSPS) is 52.1. The molecule has 2 aliphatic carbocycles. The maximum atomic E-state index is 2.53. The van der Waals surface area contributed by atoms with Gasteiger partial charge in [0.2, 0.25) is 0 Å². The highest BCUT2D eigenvalue weighted by Gasteiger charge is 2.37. The van der Waals surface area contributed by atoms with Crippen molar-refractivity contribution in [1.29, 1.82) is 0 Å². The van der Waals surface area contributed by atoms with Crippen LogP contribution in [-0.2, 0) is 0 Å². The molecule has 2 rings (SSSR count). The van der Waals surface area contributed by atoms with E-state index < -0.39 is 0 Å². The first-order valence-corrected chi connectivity index (χ1v) is 8.90. The molecule has 2 aliphatic rings. The molecule has 2 saturated carbocycles. The molecule has 0 aliphatic heterocycles. The van der Waals surface area contributed by atoms with Crippen LogP contribution >= 0.6 is 0 Å². The molecule has 8 atom stereocenters. The topological polar surface area (TPSA) is 0 Å². The fraction of sp³-hybridized carbons (Fsp3) is 1.00. The Morgan fingerprint density at radius 1 is 0.632 bits per heavy atom. The van der Waals surface area contributed by atoms with Gasteiger partial charge in [-0.1, -0.05) is 54.4 Å². The molecule has 8 unspecified atom stereocenters. The molecule has 0 heteroatoms. The fourth-order valence-corrected chi connectivity index (χ4v) is 5.02. The SMILES string of the molecule is CC1CC(C)C(CC2C(C)CCC(C)C2C)CC1C. The van der Waals surface area contributed by atoms with Crippen LogP contribution in [0.2, 0.25) is 0 Å². The van der Waals surface area contributed by atoms with Crippen LogP contribution in [0.1, 0.15) is 73.6 Å². The number of hydrogen-bond acceptors (Lipinski definition) is 0. The highest BCUT2D eigenvalue weighted by molar-refractivity contribution is 4.87. The van der Waals surface area contributed by atoms with Gasteiger partial charge in [0.05, 0.1) is 0 Å². The highest BCUT2D eigenvalue weighted by Crippen LogP contribution is 2.46. The fourth-order valence-electron chi connectivity index (χ4n) is 5.02. The van der Waals surface area contributed by atoms with Gasteiger partial charge in [-0.2, -0.15) is 0 Å². The lowest BCUT2D eigenvalue weighted by atomic mass is 9.61. The van der Waals surface area contributed by atoms with Gasteiger partial charge in [0.1, 0.15) is 0 Å². The summed E-state index contributed by atoms with van der Waals surface area (Å²) in [6, 6.07) is 0. The first-order chi connectivity index (χ1) is 8.90. The molecule has 0 aromatic heterocycles. The Kier molecular flexibility index (Phi) is 5.01. The molecule has 0 aromatic rings. The van der Waals surface area contributed by atoms with Crippen molar-refractivity contribution in [3.8, 4) is 0 Å². The second-order valence-corrected chi connectivity index (χ2v) is 8.45. The molecule has 0 N–H and O–H groups in total. The van der Waals surface area contributed by atoms with Crippen LogP contribution in [0.4, 0.5) is 0 Å². The summed E-state index contributed by atoms with van der Waals surface area (Å²) < 4.78 is 0. The number of hydrogen-bond donors (Lipinski definition) is 0. The lowest BCUT2D eigenvalue weighted by molar-refractivity contribution is 0.0561. The van der Waals surface area contributed by atoms with E-state index in [2.05, 4.69) is 41.5 Å². The summed E-state index contributed by atoms with van der Waals surface area (Å²) in [7, 11) is 0. The van der Waals surface area contributed by atoms with Crippen LogP contribution in [0.25, 0.3) is 0 Å². The average Bonchev–Trinajstić information content (AvgIpc) is 2.36. The van der Waals surface area contributed by atoms with Crippen molar-refractivity contribution in [3.63, 3.8) is 0 Å². The predicted octanol–water partition coefficient (Wildman–Crippen LogP) is 6.01. The summed E-state index contributed by atoms with van der Waals surface area (Å²) >= 11 is 0. The molecule has 0 aromatic carbocycles. The Bertz CT molecular complexity index is 282. The van der Waals surface area contributed by atoms with Crippen molar-refractivity contribution in [2.45, 2.75) is 73.6 Å². The molecule has 0 bridgehead atoms. The molecule has 0 amide bonds. The van der Waals surface area contributed by atoms with Gasteiger partial charge in [-0.15, -0.1) is 0 Å². The lowest BCUT2D eigenvalue weighted by Gasteiger charge is -2.44. The Labute approximate surface area is 121 Å². The first-order valence-electron chi connectivity index (χ1n) is 8.90. The van der Waals surface area contributed by atoms with Crippen LogP contribution in [0.3, 0.4) is 0 Å². The van der Waals surface area contributed by atoms with E-state index in [1.807, 2.05) is 0 Å². The Morgan fingerprint density at radius 2 is 1.21 bits per heavy atom. The van der Waals surface area contributed by atoms with Gasteiger partial charge in [0.25, 0.3) is 0 Å². The zero-order chi connectivity index (χ0) is 14.2. The smallest absolute Gasteiger partial charge is 0.0357 e. The molecule has 112 valence electrons. The Balaban J connectivity index is 1.99. The Morgan fingerprint density at radius 3 is 1.89 bits per heavy atom. The predicted molar refractivity (Wildman–Crippen MR) is 85.0 cm³/mol. The Hall–Kier alpha value is 0. The third-order valence-corrected chi connectivity index (χ3v) is 7.15. The average molecular weight is 264 g/mol. The minimum absolute atomic E-state index is 0.950. The lowest BCUT2D eigenvalue weighted by Crippen LogP contribution is -2.35. The van der Waals surface area contributed by atoms with E-state index >= 15 is 0 Å². The third-order valence-electron chi connectivity index (χ3n) is 7.15. The zero-order valence-corrected chi connectivity index (χ0v) is 14.2. The van der Waals surface area contributed by atoms with Gasteiger partial charge in [-0.05, 0) is 66.6 Å². The monoisotopic (exact) mass is 264 g/mol. The largest absolute Gasteiger partial charge is 0.0622 e. The van der Waals surface area contributed by atoms with Gasteiger partial charge < -0.3 is 0 Å². The van der Waals surface area contributed by atoms with E-state index in [1.54, 1.807) is 0 Å². The van der Waals surface area contributed by atoms with Gasteiger partial charge >= 0.3 is 0 Å². The summed E-state index contributed by atoms with van der Waals surface area (Å²) in [5.74, 6) is 7.74. The molecule has 0 saturated heterocycles. The van der Waals surface area contributed by atoms with Gasteiger partial charge in [0, 0.05) is 0 Å². The molecule has 2 fully saturated rings. The van der Waals surface area contributed by atoms with Crippen LogP contribution < -0.4 is 0 Å². The second kappa shape index (κ2) is 6.19. The van der Waals surface area contributed by atoms with Crippen molar-refractivity contribution in [2.24, 2.45) is 47.3 Å². The number of rotatable bonds is 2. The standard InChI is InChI=1S/C19H36/c1-12-7-8-13(2)19(17(12)6)11-18-10-15(4)14(3)9-16(18)5/h12-19H,7-11H2,1-6H3. The van der Waals surface area contributed by atoms with Crippen molar-refractivity contribution in [3.05, 3.63) is 0 Å². The van der Waals surface area contributed by atoms with E-state index in [0.29, 0.717) is 0 Å². The van der Waals surface area contributed by atoms with Crippen molar-refractivity contribution >= 4 is 0 Å². The van der Waals surface area contributed by atoms with E-state index in [9.17, 15) is 0 Å². The van der Waals surface area contributed by atoms with E-state index in [0.717, 1.165) is 47.3 Å². The second-order valence-electron chi connectivity index (χ2n) is 8.45. The summed E-state index contributed by atoms with van der Waals surface area (Å²) in [6.45, 7) is 15.0. The molecular weight excluding hydrogens is 228 g/mol. The molecule has 0 heterocycles. The molecule has 0 spiro atoms. The molecular formula is C19H36. The van der Waals surface area contributed by atoms with Crippen LogP contribution in [0.15, 0.2) is 0 Å². The van der Waals surface area contributed by atoms with E-state index in [-0.39, 0.29) is 0 Å². The van der Waals surface area contributed by atoms with Gasteiger partial charge in [-0.3, -0.25) is 0 Å². The van der Waals surface area contributed by atoms with Crippen molar-refractivity contribution in [2.75, 3.05) is 0 Å².